The van der Waals surface area contributed by atoms with Crippen molar-refractivity contribution in [3.63, 3.8) is 0 Å². The summed E-state index contributed by atoms with van der Waals surface area (Å²) in [6.07, 6.45) is 2.32. The molecule has 1 aromatic rings. The number of carboxylic acids is 1. The summed E-state index contributed by atoms with van der Waals surface area (Å²) in [7, 11) is 1.43. The van der Waals surface area contributed by atoms with Crippen molar-refractivity contribution in [1.82, 2.24) is 0 Å². The first-order valence-electron chi connectivity index (χ1n) is 5.63. The van der Waals surface area contributed by atoms with E-state index in [2.05, 4.69) is 0 Å². The summed E-state index contributed by atoms with van der Waals surface area (Å²) < 4.78 is 10.6. The van der Waals surface area contributed by atoms with Gasteiger partial charge in [0.05, 0.1) is 20.1 Å². The largest absolute Gasteiger partial charge is 0.493 e. The summed E-state index contributed by atoms with van der Waals surface area (Å²) in [6, 6.07) is 3.06. The highest BCUT2D eigenvalue weighted by Gasteiger charge is 2.12. The zero-order valence-corrected chi connectivity index (χ0v) is 11.5. The Labute approximate surface area is 120 Å². The van der Waals surface area contributed by atoms with E-state index in [-0.39, 0.29) is 13.0 Å². The van der Waals surface area contributed by atoms with Crippen molar-refractivity contribution in [2.45, 2.75) is 6.42 Å². The van der Waals surface area contributed by atoms with Crippen LogP contribution in [0.4, 0.5) is 0 Å². The molecule has 0 aromatic heterocycles. The number of carbonyl (C=O) groups excluding carboxylic acids is 1. The third-order valence-corrected chi connectivity index (χ3v) is 2.49. The fraction of sp³-hybridized carbons (Fsp3) is 0.231. The van der Waals surface area contributed by atoms with Crippen molar-refractivity contribution >= 4 is 29.6 Å². The van der Waals surface area contributed by atoms with E-state index in [1.807, 2.05) is 0 Å². The predicted octanol–water partition coefficient (Wildman–Crippen LogP) is 1.70. The van der Waals surface area contributed by atoms with Gasteiger partial charge in [-0.05, 0) is 12.1 Å². The van der Waals surface area contributed by atoms with Gasteiger partial charge in [-0.2, -0.15) is 0 Å². The lowest BCUT2D eigenvalue weighted by Crippen LogP contribution is -2.15. The predicted molar refractivity (Wildman–Crippen MR) is 74.0 cm³/mol. The highest BCUT2D eigenvalue weighted by atomic mass is 35.5. The highest BCUT2D eigenvalue weighted by Crippen LogP contribution is 2.35. The number of nitrogens with two attached hydrogens (primary N) is 1. The van der Waals surface area contributed by atoms with Gasteiger partial charge in [0.15, 0.2) is 11.5 Å². The van der Waals surface area contributed by atoms with Gasteiger partial charge >= 0.3 is 5.97 Å². The van der Waals surface area contributed by atoms with Gasteiger partial charge in [0, 0.05) is 22.7 Å². The average molecular weight is 300 g/mol. The molecule has 0 saturated carbocycles. The van der Waals surface area contributed by atoms with E-state index in [0.717, 1.165) is 6.08 Å². The second-order valence-corrected chi connectivity index (χ2v) is 4.20. The van der Waals surface area contributed by atoms with Crippen LogP contribution in [0.3, 0.4) is 0 Å². The summed E-state index contributed by atoms with van der Waals surface area (Å²) in [5.41, 5.74) is 5.46. The molecule has 0 bridgehead atoms. The molecule has 1 aromatic carbocycles. The van der Waals surface area contributed by atoms with Crippen molar-refractivity contribution < 1.29 is 24.2 Å². The van der Waals surface area contributed by atoms with Crippen molar-refractivity contribution in [2.24, 2.45) is 5.73 Å². The van der Waals surface area contributed by atoms with Crippen LogP contribution in [0.5, 0.6) is 11.5 Å². The quantitative estimate of drug-likeness (QED) is 0.747. The second-order valence-electron chi connectivity index (χ2n) is 3.76. The van der Waals surface area contributed by atoms with Crippen LogP contribution in [-0.4, -0.2) is 30.7 Å². The Kier molecular flexibility index (Phi) is 5.86. The minimum atomic E-state index is -1.10. The molecule has 0 atom stereocenters. The van der Waals surface area contributed by atoms with Gasteiger partial charge in [0.25, 0.3) is 0 Å². The van der Waals surface area contributed by atoms with Gasteiger partial charge < -0.3 is 20.3 Å². The smallest absolute Gasteiger partial charge is 0.328 e. The number of methoxy groups -OCH3 is 1. The third-order valence-electron chi connectivity index (χ3n) is 2.27. The number of hydrogen-bond donors (Lipinski definition) is 2. The molecule has 1 rings (SSSR count). The molecule has 0 heterocycles. The molecule has 0 unspecified atom stereocenters. The molecule has 0 saturated heterocycles. The SMILES string of the molecule is COc1cc(Cl)cc(/C=C/C(=O)O)c1OCCC(N)=O. The number of carboxylic acid groups (broad SMARTS) is 1. The molecule has 7 heteroatoms. The minimum absolute atomic E-state index is 0.0356. The van der Waals surface area contributed by atoms with E-state index in [1.54, 1.807) is 0 Å². The molecule has 20 heavy (non-hydrogen) atoms. The first-order valence-corrected chi connectivity index (χ1v) is 6.01. The number of halogens is 1. The molecule has 1 amide bonds. The Morgan fingerprint density at radius 3 is 2.70 bits per heavy atom. The number of benzene rings is 1. The molecule has 0 spiro atoms. The molecule has 0 aliphatic carbocycles. The van der Waals surface area contributed by atoms with Crippen molar-refractivity contribution in [3.8, 4) is 11.5 Å². The van der Waals surface area contributed by atoms with Crippen LogP contribution in [-0.2, 0) is 9.59 Å². The molecule has 6 nitrogen and oxygen atoms in total. The summed E-state index contributed by atoms with van der Waals surface area (Å²) in [6.45, 7) is 0.0568. The van der Waals surface area contributed by atoms with E-state index < -0.39 is 11.9 Å². The fourth-order valence-corrected chi connectivity index (χ4v) is 1.65. The van der Waals surface area contributed by atoms with Gasteiger partial charge in [-0.25, -0.2) is 4.79 Å². The van der Waals surface area contributed by atoms with Crippen LogP contribution >= 0.6 is 11.6 Å². The number of aliphatic carboxylic acids is 1. The van der Waals surface area contributed by atoms with Crippen LogP contribution in [0.25, 0.3) is 6.08 Å². The van der Waals surface area contributed by atoms with Crippen LogP contribution < -0.4 is 15.2 Å². The Morgan fingerprint density at radius 2 is 2.15 bits per heavy atom. The third kappa shape index (κ3) is 4.81. The lowest BCUT2D eigenvalue weighted by molar-refractivity contribution is -0.131. The fourth-order valence-electron chi connectivity index (χ4n) is 1.43. The molecule has 108 valence electrons. The van der Waals surface area contributed by atoms with Crippen molar-refractivity contribution in [3.05, 3.63) is 28.8 Å². The van der Waals surface area contributed by atoms with Gasteiger partial charge in [-0.1, -0.05) is 11.6 Å². The molecule has 0 aliphatic rings. The van der Waals surface area contributed by atoms with E-state index >= 15 is 0 Å². The van der Waals surface area contributed by atoms with Crippen LogP contribution in [0.1, 0.15) is 12.0 Å². The number of rotatable bonds is 7. The molecular weight excluding hydrogens is 286 g/mol. The minimum Gasteiger partial charge on any atom is -0.493 e. The van der Waals surface area contributed by atoms with E-state index in [4.69, 9.17) is 31.9 Å². The number of carbonyl (C=O) groups is 2. The lowest BCUT2D eigenvalue weighted by Gasteiger charge is -2.13. The standard InChI is InChI=1S/C13H14ClNO5/c1-19-10-7-9(14)6-8(2-3-12(17)18)13(10)20-5-4-11(15)16/h2-3,6-7H,4-5H2,1H3,(H2,15,16)(H,17,18)/b3-2+. The van der Waals surface area contributed by atoms with Gasteiger partial charge in [-0.15, -0.1) is 0 Å². The number of primary amides is 1. The second kappa shape index (κ2) is 7.40. The Morgan fingerprint density at radius 1 is 1.45 bits per heavy atom. The summed E-state index contributed by atoms with van der Waals surface area (Å²) in [5.74, 6) is -0.963. The zero-order chi connectivity index (χ0) is 15.1. The maximum absolute atomic E-state index is 10.7. The molecular formula is C13H14ClNO5. The highest BCUT2D eigenvalue weighted by molar-refractivity contribution is 6.31. The van der Waals surface area contributed by atoms with Crippen LogP contribution in [0.15, 0.2) is 18.2 Å². The topological polar surface area (TPSA) is 98.8 Å². The molecule has 0 fully saturated rings. The van der Waals surface area contributed by atoms with E-state index in [9.17, 15) is 9.59 Å². The lowest BCUT2D eigenvalue weighted by atomic mass is 10.1. The first kappa shape index (κ1) is 15.8. The Balaban J connectivity index is 3.08. The van der Waals surface area contributed by atoms with Crippen molar-refractivity contribution in [1.29, 1.82) is 0 Å². The zero-order valence-electron chi connectivity index (χ0n) is 10.8. The van der Waals surface area contributed by atoms with E-state index in [0.29, 0.717) is 22.1 Å². The number of hydrogen-bond acceptors (Lipinski definition) is 4. The first-order chi connectivity index (χ1) is 9.43. The maximum Gasteiger partial charge on any atom is 0.328 e. The summed E-state index contributed by atoms with van der Waals surface area (Å²) in [5, 5.41) is 9.03. The van der Waals surface area contributed by atoms with E-state index in [1.165, 1.54) is 25.3 Å². The maximum atomic E-state index is 10.7. The Bertz CT molecular complexity index is 542. The number of ether oxygens (including phenoxy) is 2. The number of amides is 1. The van der Waals surface area contributed by atoms with Gasteiger partial charge in [0.1, 0.15) is 0 Å². The summed E-state index contributed by atoms with van der Waals surface area (Å²) in [4.78, 5) is 21.3. The molecule has 0 aliphatic heterocycles. The molecule has 3 N–H and O–H groups in total. The average Bonchev–Trinajstić information content (AvgIpc) is 2.37. The van der Waals surface area contributed by atoms with Gasteiger partial charge in [0.2, 0.25) is 5.91 Å². The monoisotopic (exact) mass is 299 g/mol. The van der Waals surface area contributed by atoms with Crippen molar-refractivity contribution in [2.75, 3.05) is 13.7 Å². The summed E-state index contributed by atoms with van der Waals surface area (Å²) >= 11 is 5.91. The molecule has 0 radical (unpaired) electrons. The Hall–Kier alpha value is -2.21. The van der Waals surface area contributed by atoms with Gasteiger partial charge in [-0.3, -0.25) is 4.79 Å². The normalized spacial score (nSPS) is 10.5. The van der Waals surface area contributed by atoms with Crippen LogP contribution in [0, 0.1) is 0 Å². The van der Waals surface area contributed by atoms with Crippen LogP contribution in [0.2, 0.25) is 5.02 Å².